The number of aryl methyl sites for hydroxylation is 2. The molecule has 0 saturated heterocycles. The molecule has 0 fully saturated rings. The van der Waals surface area contributed by atoms with Crippen molar-refractivity contribution in [2.75, 3.05) is 9.80 Å². The molecular weight excluding hydrogens is 811 g/mol. The van der Waals surface area contributed by atoms with Gasteiger partial charge in [0.1, 0.15) is 0 Å². The summed E-state index contributed by atoms with van der Waals surface area (Å²) in [4.78, 5) is 5.05. The standard InChI is InChI=1S/C64H43N3/c1-40-32-34-60-54(36-40)64(55-37-41(2)33-35-61(55)65(60)42-18-4-3-5-19-42)50-24-10-8-22-48(50)63(49-23-9-11-25-51(49)64)52-26-12-16-30-58(52)66(59-31-17-13-27-53(59)63)43-38-46-44-20-6-14-28-56(44)67-57-29-15-7-21-45(57)47(39-43)62(46)67/h3-39H,1-2H3. The zero-order valence-corrected chi connectivity index (χ0v) is 37.2. The van der Waals surface area contributed by atoms with Crippen molar-refractivity contribution in [3.05, 3.63) is 280 Å². The fourth-order valence-electron chi connectivity index (χ4n) is 13.2. The van der Waals surface area contributed by atoms with Gasteiger partial charge in [0.25, 0.3) is 0 Å². The van der Waals surface area contributed by atoms with Crippen LogP contribution in [-0.2, 0) is 10.8 Å². The lowest BCUT2D eigenvalue weighted by atomic mass is 9.49. The number of benzene rings is 10. The molecule has 0 bridgehead atoms. The summed E-state index contributed by atoms with van der Waals surface area (Å²) in [5, 5.41) is 5.09. The van der Waals surface area contributed by atoms with Gasteiger partial charge in [-0.25, -0.2) is 0 Å². The fraction of sp³-hybridized carbons (Fsp3) is 0.0625. The molecule has 4 heterocycles. The Morgan fingerprint density at radius 1 is 0.284 bits per heavy atom. The second-order valence-corrected chi connectivity index (χ2v) is 18.9. The molecule has 3 heteroatoms. The number of nitrogens with zero attached hydrogens (tertiary/aromatic N) is 3. The Hall–Kier alpha value is -8.40. The Bertz CT molecular complexity index is 3810. The molecule has 2 aromatic heterocycles. The van der Waals surface area contributed by atoms with Gasteiger partial charge in [-0.1, -0.05) is 175 Å². The van der Waals surface area contributed by atoms with Crippen LogP contribution < -0.4 is 9.80 Å². The van der Waals surface area contributed by atoms with E-state index in [9.17, 15) is 0 Å². The van der Waals surface area contributed by atoms with Crippen molar-refractivity contribution in [1.29, 1.82) is 0 Å². The van der Waals surface area contributed by atoms with Crippen LogP contribution in [0.15, 0.2) is 224 Å². The van der Waals surface area contributed by atoms with Gasteiger partial charge in [0, 0.05) is 32.9 Å². The lowest BCUT2D eigenvalue weighted by Crippen LogP contribution is -2.49. The molecule has 12 aromatic rings. The molecule has 0 saturated carbocycles. The Kier molecular flexibility index (Phi) is 7.22. The second kappa shape index (κ2) is 13.1. The van der Waals surface area contributed by atoms with Crippen LogP contribution in [0.1, 0.15) is 55.6 Å². The van der Waals surface area contributed by atoms with Crippen LogP contribution >= 0.6 is 0 Å². The molecule has 67 heavy (non-hydrogen) atoms. The molecule has 0 atom stereocenters. The minimum atomic E-state index is -0.657. The maximum atomic E-state index is 2.56. The monoisotopic (exact) mass is 853 g/mol. The van der Waals surface area contributed by atoms with Gasteiger partial charge in [-0.15, -0.1) is 0 Å². The number of anilines is 6. The topological polar surface area (TPSA) is 10.9 Å². The number of aromatic nitrogens is 1. The lowest BCUT2D eigenvalue weighted by Gasteiger charge is -2.56. The highest BCUT2D eigenvalue weighted by Gasteiger charge is 2.59. The second-order valence-electron chi connectivity index (χ2n) is 18.9. The van der Waals surface area contributed by atoms with Crippen molar-refractivity contribution < 1.29 is 0 Å². The van der Waals surface area contributed by atoms with Gasteiger partial charge in [0.05, 0.1) is 50.1 Å². The van der Waals surface area contributed by atoms with Gasteiger partial charge >= 0.3 is 0 Å². The SMILES string of the molecule is Cc1ccc2c(c1)C1(c3cc(C)ccc3N2c2ccccc2)c2ccccc2C2(c3ccccc3N(c3cc4c5ccccc5n5c6ccccc6c(c3)c45)c3ccccc32)c2ccccc21. The van der Waals surface area contributed by atoms with Gasteiger partial charge in [-0.05, 0) is 119 Å². The fourth-order valence-corrected chi connectivity index (χ4v) is 13.2. The summed E-state index contributed by atoms with van der Waals surface area (Å²) in [6, 6.07) is 85.2. The maximum Gasteiger partial charge on any atom is 0.0748 e. The van der Waals surface area contributed by atoms with Crippen LogP contribution in [0.2, 0.25) is 0 Å². The lowest BCUT2D eigenvalue weighted by molar-refractivity contribution is 0.607. The summed E-state index contributed by atoms with van der Waals surface area (Å²) in [6.07, 6.45) is 0. The van der Waals surface area contributed by atoms with Gasteiger partial charge in [-0.2, -0.15) is 0 Å². The van der Waals surface area contributed by atoms with Crippen molar-refractivity contribution in [2.45, 2.75) is 24.7 Å². The third-order valence-electron chi connectivity index (χ3n) is 15.6. The van der Waals surface area contributed by atoms with E-state index in [1.165, 1.54) is 116 Å². The zero-order valence-electron chi connectivity index (χ0n) is 37.2. The average Bonchev–Trinajstić information content (AvgIpc) is 3.90. The van der Waals surface area contributed by atoms with Gasteiger partial charge in [-0.3, -0.25) is 0 Å². The van der Waals surface area contributed by atoms with E-state index in [1.807, 2.05) is 0 Å². The quantitative estimate of drug-likeness (QED) is 0.172. The predicted molar refractivity (Wildman–Crippen MR) is 277 cm³/mol. The van der Waals surface area contributed by atoms with Crippen LogP contribution in [0.3, 0.4) is 0 Å². The Morgan fingerprint density at radius 3 is 1.15 bits per heavy atom. The van der Waals surface area contributed by atoms with Crippen molar-refractivity contribution in [1.82, 2.24) is 4.40 Å². The van der Waals surface area contributed by atoms with E-state index in [0.717, 1.165) is 11.4 Å². The number of para-hydroxylation sites is 5. The smallest absolute Gasteiger partial charge is 0.0748 e. The highest BCUT2D eigenvalue weighted by molar-refractivity contribution is 6.24. The Morgan fingerprint density at radius 2 is 0.657 bits per heavy atom. The third-order valence-corrected chi connectivity index (χ3v) is 15.6. The first-order valence-electron chi connectivity index (χ1n) is 23.5. The first-order valence-corrected chi connectivity index (χ1v) is 23.5. The zero-order chi connectivity index (χ0) is 44.2. The molecule has 15 rings (SSSR count). The minimum absolute atomic E-state index is 0.635. The Balaban J connectivity index is 1.06. The summed E-state index contributed by atoms with van der Waals surface area (Å²) in [5.74, 6) is 0. The first kappa shape index (κ1) is 36.9. The van der Waals surface area contributed by atoms with Crippen LogP contribution in [0, 0.1) is 13.8 Å². The molecule has 1 aliphatic carbocycles. The number of rotatable bonds is 2. The minimum Gasteiger partial charge on any atom is -0.310 e. The number of hydrogen-bond acceptors (Lipinski definition) is 2. The van der Waals surface area contributed by atoms with Gasteiger partial charge in [0.2, 0.25) is 0 Å². The van der Waals surface area contributed by atoms with Crippen molar-refractivity contribution in [3.63, 3.8) is 0 Å². The summed E-state index contributed by atoms with van der Waals surface area (Å²) in [5.41, 5.74) is 22.5. The molecule has 3 nitrogen and oxygen atoms in total. The largest absolute Gasteiger partial charge is 0.310 e. The van der Waals surface area contributed by atoms with E-state index in [0.29, 0.717) is 0 Å². The van der Waals surface area contributed by atoms with Crippen LogP contribution in [0.4, 0.5) is 34.1 Å². The molecule has 10 aromatic carbocycles. The maximum absolute atomic E-state index is 2.56. The van der Waals surface area contributed by atoms with Gasteiger partial charge in [0.15, 0.2) is 0 Å². The molecule has 0 amide bonds. The van der Waals surface area contributed by atoms with E-state index in [2.05, 4.69) is 253 Å². The van der Waals surface area contributed by atoms with E-state index < -0.39 is 10.8 Å². The highest BCUT2D eigenvalue weighted by Crippen LogP contribution is 2.68. The summed E-state index contributed by atoms with van der Waals surface area (Å²) in [6.45, 7) is 4.49. The molecule has 2 aliphatic heterocycles. The number of fused-ring (bicyclic) bond motifs is 20. The molecule has 0 radical (unpaired) electrons. The first-order chi connectivity index (χ1) is 33.1. The molecule has 3 aliphatic rings. The van der Waals surface area contributed by atoms with Crippen molar-refractivity contribution >= 4 is 72.2 Å². The third kappa shape index (κ3) is 4.47. The van der Waals surface area contributed by atoms with Crippen molar-refractivity contribution in [2.24, 2.45) is 0 Å². The normalized spacial score (nSPS) is 14.9. The number of hydrogen-bond donors (Lipinski definition) is 0. The Labute approximate surface area is 389 Å². The van der Waals surface area contributed by atoms with E-state index in [4.69, 9.17) is 0 Å². The van der Waals surface area contributed by atoms with Crippen LogP contribution in [0.5, 0.6) is 0 Å². The summed E-state index contributed by atoms with van der Waals surface area (Å²) < 4.78 is 2.47. The van der Waals surface area contributed by atoms with Crippen LogP contribution in [-0.4, -0.2) is 4.40 Å². The predicted octanol–water partition coefficient (Wildman–Crippen LogP) is 16.1. The highest BCUT2D eigenvalue weighted by atomic mass is 15.2. The molecular formula is C64H43N3. The summed E-state index contributed by atoms with van der Waals surface area (Å²) >= 11 is 0. The summed E-state index contributed by atoms with van der Waals surface area (Å²) in [7, 11) is 0. The van der Waals surface area contributed by atoms with Gasteiger partial charge < -0.3 is 14.2 Å². The molecule has 0 unspecified atom stereocenters. The molecule has 0 N–H and O–H groups in total. The van der Waals surface area contributed by atoms with E-state index in [1.54, 1.807) is 0 Å². The van der Waals surface area contributed by atoms with Crippen molar-refractivity contribution in [3.8, 4) is 0 Å². The molecule has 2 spiro atoms. The molecule has 314 valence electrons. The average molecular weight is 854 g/mol. The van der Waals surface area contributed by atoms with E-state index in [-0.39, 0.29) is 0 Å². The van der Waals surface area contributed by atoms with Crippen LogP contribution in [0.25, 0.3) is 38.1 Å². The van der Waals surface area contributed by atoms with E-state index >= 15 is 0 Å².